The summed E-state index contributed by atoms with van der Waals surface area (Å²) in [4.78, 5) is 36.5. The number of amides is 2. The molecule has 0 aliphatic carbocycles. The van der Waals surface area contributed by atoms with E-state index in [-0.39, 0.29) is 11.8 Å². The fourth-order valence-corrected chi connectivity index (χ4v) is 4.51. The zero-order valence-electron chi connectivity index (χ0n) is 18.3. The summed E-state index contributed by atoms with van der Waals surface area (Å²) >= 11 is 0. The van der Waals surface area contributed by atoms with Crippen LogP contribution < -0.4 is 5.32 Å². The van der Waals surface area contributed by atoms with Gasteiger partial charge in [0.25, 0.3) is 5.91 Å². The number of carbonyl (C=O) groups excluding carboxylic acids is 2. The molecule has 0 radical (unpaired) electrons. The Bertz CT molecular complexity index is 1070. The monoisotopic (exact) mass is 428 g/mol. The lowest BCUT2D eigenvalue weighted by Crippen LogP contribution is -2.54. The van der Waals surface area contributed by atoms with Crippen molar-refractivity contribution in [1.29, 1.82) is 0 Å². The van der Waals surface area contributed by atoms with Crippen LogP contribution >= 0.6 is 0 Å². The molecule has 1 atom stereocenters. The first kappa shape index (κ1) is 21.7. The molecule has 0 saturated carbocycles. The molecular formula is C26H28N4O2. The molecule has 2 amide bonds. The number of carbonyl (C=O) groups is 2. The summed E-state index contributed by atoms with van der Waals surface area (Å²) in [5, 5.41) is 3.02. The van der Waals surface area contributed by atoms with Crippen LogP contribution in [0.1, 0.15) is 35.8 Å². The Balaban J connectivity index is 1.62. The molecule has 3 heterocycles. The smallest absolute Gasteiger partial charge is 0.272 e. The Hall–Kier alpha value is -3.54. The van der Waals surface area contributed by atoms with E-state index < -0.39 is 5.41 Å². The molecule has 1 aromatic carbocycles. The van der Waals surface area contributed by atoms with Crippen LogP contribution in [0.2, 0.25) is 0 Å². The third-order valence-corrected chi connectivity index (χ3v) is 6.05. The van der Waals surface area contributed by atoms with Crippen molar-refractivity contribution < 1.29 is 9.59 Å². The van der Waals surface area contributed by atoms with Gasteiger partial charge in [0.05, 0.1) is 5.41 Å². The Morgan fingerprint density at radius 2 is 1.88 bits per heavy atom. The van der Waals surface area contributed by atoms with Gasteiger partial charge in [-0.15, -0.1) is 0 Å². The van der Waals surface area contributed by atoms with Crippen molar-refractivity contribution >= 4 is 11.8 Å². The number of pyridine rings is 2. The number of rotatable bonds is 6. The number of piperidine rings is 1. The maximum absolute atomic E-state index is 13.3. The molecule has 2 aromatic heterocycles. The van der Waals surface area contributed by atoms with E-state index in [0.29, 0.717) is 31.7 Å². The molecule has 0 bridgehead atoms. The first-order chi connectivity index (χ1) is 15.6. The molecule has 1 aliphatic rings. The molecule has 164 valence electrons. The van der Waals surface area contributed by atoms with E-state index in [0.717, 1.165) is 29.5 Å². The second kappa shape index (κ2) is 9.73. The molecular weight excluding hydrogens is 400 g/mol. The number of benzene rings is 1. The van der Waals surface area contributed by atoms with Gasteiger partial charge in [-0.05, 0) is 67.1 Å². The van der Waals surface area contributed by atoms with Crippen LogP contribution in [-0.2, 0) is 11.2 Å². The maximum atomic E-state index is 13.3. The van der Waals surface area contributed by atoms with Gasteiger partial charge in [0, 0.05) is 38.2 Å². The number of nitrogens with zero attached hydrogens (tertiary/aromatic N) is 3. The van der Waals surface area contributed by atoms with Crippen LogP contribution in [0.3, 0.4) is 0 Å². The van der Waals surface area contributed by atoms with Crippen molar-refractivity contribution in [1.82, 2.24) is 20.2 Å². The van der Waals surface area contributed by atoms with E-state index in [2.05, 4.69) is 33.5 Å². The zero-order chi connectivity index (χ0) is 22.4. The molecule has 1 saturated heterocycles. The Morgan fingerprint density at radius 1 is 1.03 bits per heavy atom. The summed E-state index contributed by atoms with van der Waals surface area (Å²) in [5.41, 5.74) is 3.00. The van der Waals surface area contributed by atoms with E-state index >= 15 is 0 Å². The van der Waals surface area contributed by atoms with Crippen LogP contribution in [0, 0.1) is 5.41 Å². The molecule has 32 heavy (non-hydrogen) atoms. The Kier molecular flexibility index (Phi) is 6.59. The Morgan fingerprint density at radius 3 is 2.62 bits per heavy atom. The molecule has 6 heteroatoms. The number of aromatic nitrogens is 2. The molecule has 6 nitrogen and oxygen atoms in total. The largest absolute Gasteiger partial charge is 0.356 e. The van der Waals surface area contributed by atoms with Crippen molar-refractivity contribution in [3.8, 4) is 11.1 Å². The van der Waals surface area contributed by atoms with Crippen LogP contribution in [0.25, 0.3) is 11.1 Å². The number of likely N-dealkylation sites (tertiary alicyclic amines) is 1. The van der Waals surface area contributed by atoms with Crippen molar-refractivity contribution in [2.24, 2.45) is 5.41 Å². The minimum atomic E-state index is -0.671. The lowest BCUT2D eigenvalue weighted by molar-refractivity contribution is -0.133. The molecule has 1 fully saturated rings. The average molecular weight is 429 g/mol. The first-order valence-corrected chi connectivity index (χ1v) is 11.1. The highest BCUT2D eigenvalue weighted by molar-refractivity contribution is 5.93. The standard InChI is InChI=1S/C26H28N4O2/c1-2-28-25(32)26(12-6-16-30(19-26)24(31)23-9-3-4-13-29-23)18-20-7-5-8-22(17-20)21-10-14-27-15-11-21/h3-5,7-11,13-15,17H,2,6,12,16,18-19H2,1H3,(H,28,32). The topological polar surface area (TPSA) is 75.2 Å². The lowest BCUT2D eigenvalue weighted by atomic mass is 9.74. The molecule has 1 N–H and O–H groups in total. The summed E-state index contributed by atoms with van der Waals surface area (Å²) in [6.07, 6.45) is 7.27. The quantitative estimate of drug-likeness (QED) is 0.649. The maximum Gasteiger partial charge on any atom is 0.272 e. The highest BCUT2D eigenvalue weighted by atomic mass is 16.2. The fourth-order valence-electron chi connectivity index (χ4n) is 4.51. The second-order valence-corrected chi connectivity index (χ2v) is 8.30. The SMILES string of the molecule is CCNC(=O)C1(Cc2cccc(-c3ccncc3)c2)CCCN(C(=O)c2ccccn2)C1. The highest BCUT2D eigenvalue weighted by Gasteiger charge is 2.43. The molecule has 1 unspecified atom stereocenters. The Labute approximate surface area is 188 Å². The van der Waals surface area contributed by atoms with Gasteiger partial charge in [-0.2, -0.15) is 0 Å². The van der Waals surface area contributed by atoms with Gasteiger partial charge in [0.15, 0.2) is 0 Å². The predicted molar refractivity (Wildman–Crippen MR) is 124 cm³/mol. The van der Waals surface area contributed by atoms with Gasteiger partial charge in [0.2, 0.25) is 5.91 Å². The summed E-state index contributed by atoms with van der Waals surface area (Å²) in [6, 6.07) is 17.6. The van der Waals surface area contributed by atoms with Crippen molar-refractivity contribution in [3.63, 3.8) is 0 Å². The molecule has 4 rings (SSSR count). The second-order valence-electron chi connectivity index (χ2n) is 8.30. The third-order valence-electron chi connectivity index (χ3n) is 6.05. The van der Waals surface area contributed by atoms with Gasteiger partial charge >= 0.3 is 0 Å². The van der Waals surface area contributed by atoms with Gasteiger partial charge in [-0.1, -0.05) is 30.3 Å². The minimum absolute atomic E-state index is 0.00725. The normalized spacial score (nSPS) is 18.2. The fraction of sp³-hybridized carbons (Fsp3) is 0.308. The van der Waals surface area contributed by atoms with Crippen LogP contribution in [-0.4, -0.2) is 46.3 Å². The average Bonchev–Trinajstić information content (AvgIpc) is 2.85. The van der Waals surface area contributed by atoms with E-state index in [4.69, 9.17) is 0 Å². The van der Waals surface area contributed by atoms with Crippen molar-refractivity contribution in [3.05, 3.63) is 84.4 Å². The van der Waals surface area contributed by atoms with Gasteiger partial charge < -0.3 is 10.2 Å². The van der Waals surface area contributed by atoms with E-state index in [9.17, 15) is 9.59 Å². The zero-order valence-corrected chi connectivity index (χ0v) is 18.3. The summed E-state index contributed by atoms with van der Waals surface area (Å²) in [7, 11) is 0. The van der Waals surface area contributed by atoms with Gasteiger partial charge in [-0.25, -0.2) is 0 Å². The van der Waals surface area contributed by atoms with Gasteiger partial charge in [0.1, 0.15) is 5.69 Å². The van der Waals surface area contributed by atoms with E-state index in [1.54, 1.807) is 35.6 Å². The molecule has 1 aliphatic heterocycles. The van der Waals surface area contributed by atoms with Crippen LogP contribution in [0.5, 0.6) is 0 Å². The van der Waals surface area contributed by atoms with E-state index in [1.165, 1.54) is 0 Å². The van der Waals surface area contributed by atoms with Gasteiger partial charge in [-0.3, -0.25) is 19.6 Å². The number of nitrogens with one attached hydrogen (secondary N) is 1. The molecule has 3 aromatic rings. The number of hydrogen-bond acceptors (Lipinski definition) is 4. The summed E-state index contributed by atoms with van der Waals surface area (Å²) in [5.74, 6) is -0.114. The predicted octanol–water partition coefficient (Wildman–Crippen LogP) is 3.74. The van der Waals surface area contributed by atoms with Crippen LogP contribution in [0.4, 0.5) is 0 Å². The molecule has 0 spiro atoms. The highest BCUT2D eigenvalue weighted by Crippen LogP contribution is 2.35. The van der Waals surface area contributed by atoms with E-state index in [1.807, 2.05) is 31.2 Å². The number of hydrogen-bond donors (Lipinski definition) is 1. The summed E-state index contributed by atoms with van der Waals surface area (Å²) in [6.45, 7) is 3.50. The summed E-state index contributed by atoms with van der Waals surface area (Å²) < 4.78 is 0. The lowest BCUT2D eigenvalue weighted by Gasteiger charge is -2.41. The third kappa shape index (κ3) is 4.69. The van der Waals surface area contributed by atoms with Crippen molar-refractivity contribution in [2.45, 2.75) is 26.2 Å². The van der Waals surface area contributed by atoms with Crippen LogP contribution in [0.15, 0.2) is 73.2 Å². The minimum Gasteiger partial charge on any atom is -0.356 e. The first-order valence-electron chi connectivity index (χ1n) is 11.1. The van der Waals surface area contributed by atoms with Crippen molar-refractivity contribution in [2.75, 3.05) is 19.6 Å².